The zero-order valence-corrected chi connectivity index (χ0v) is 14.4. The van der Waals surface area contributed by atoms with Crippen molar-refractivity contribution < 1.29 is 4.79 Å². The molecule has 1 aromatic heterocycles. The molecule has 1 amide bonds. The van der Waals surface area contributed by atoms with E-state index < -0.39 is 0 Å². The normalized spacial score (nSPS) is 13.0. The van der Waals surface area contributed by atoms with E-state index >= 15 is 0 Å². The molecular formula is C16H22ClN5O. The molecule has 0 saturated carbocycles. The summed E-state index contributed by atoms with van der Waals surface area (Å²) in [4.78, 5) is 14.6. The lowest BCUT2D eigenvalue weighted by molar-refractivity contribution is 0.102. The van der Waals surface area contributed by atoms with Crippen molar-refractivity contribution in [1.29, 1.82) is 0 Å². The van der Waals surface area contributed by atoms with Gasteiger partial charge in [-0.3, -0.25) is 9.89 Å². The number of halogens is 1. The van der Waals surface area contributed by atoms with Crippen LogP contribution in [0.5, 0.6) is 0 Å². The zero-order chi connectivity index (χ0) is 15.7. The molecule has 3 N–H and O–H groups in total. The number of carbonyl (C=O) groups is 1. The lowest BCUT2D eigenvalue weighted by Crippen LogP contribution is -2.25. The summed E-state index contributed by atoms with van der Waals surface area (Å²) in [5.41, 5.74) is 5.47. The summed E-state index contributed by atoms with van der Waals surface area (Å²) in [5.74, 6) is -0.166. The zero-order valence-electron chi connectivity index (χ0n) is 13.6. The first-order chi connectivity index (χ1) is 10.6. The third-order valence-corrected chi connectivity index (χ3v) is 4.06. The van der Waals surface area contributed by atoms with Gasteiger partial charge in [-0.05, 0) is 24.6 Å². The number of nitrogens with zero attached hydrogens (tertiary/aromatic N) is 2. The quantitative estimate of drug-likeness (QED) is 0.803. The van der Waals surface area contributed by atoms with E-state index in [9.17, 15) is 4.79 Å². The molecule has 2 aromatic rings. The van der Waals surface area contributed by atoms with Crippen LogP contribution in [0.15, 0.2) is 18.2 Å². The molecule has 0 bridgehead atoms. The van der Waals surface area contributed by atoms with Crippen LogP contribution < -0.4 is 15.5 Å². The van der Waals surface area contributed by atoms with Crippen molar-refractivity contribution in [2.45, 2.75) is 19.9 Å². The van der Waals surface area contributed by atoms with Gasteiger partial charge in [-0.2, -0.15) is 5.10 Å². The lowest BCUT2D eigenvalue weighted by atomic mass is 10.1. The van der Waals surface area contributed by atoms with Gasteiger partial charge in [-0.1, -0.05) is 6.07 Å². The number of nitrogens with one attached hydrogen (secondary N) is 3. The first kappa shape index (κ1) is 17.3. The summed E-state index contributed by atoms with van der Waals surface area (Å²) in [6, 6.07) is 5.89. The number of rotatable bonds is 3. The molecule has 0 spiro atoms. The number of aromatic nitrogens is 2. The molecule has 1 aromatic carbocycles. The minimum Gasteiger partial charge on any atom is -0.377 e. The van der Waals surface area contributed by atoms with Crippen molar-refractivity contribution in [2.75, 3.05) is 30.9 Å². The maximum absolute atomic E-state index is 12.5. The molecule has 0 aliphatic carbocycles. The molecule has 0 unspecified atom stereocenters. The van der Waals surface area contributed by atoms with Crippen molar-refractivity contribution in [3.63, 3.8) is 0 Å². The number of hydrogen-bond acceptors (Lipinski definition) is 4. The number of aromatic amines is 1. The van der Waals surface area contributed by atoms with Gasteiger partial charge in [-0.25, -0.2) is 0 Å². The summed E-state index contributed by atoms with van der Waals surface area (Å²) in [5, 5.41) is 13.4. The Labute approximate surface area is 142 Å². The molecule has 1 aliphatic heterocycles. The summed E-state index contributed by atoms with van der Waals surface area (Å²) in [6.45, 7) is 3.61. The number of benzene rings is 1. The van der Waals surface area contributed by atoms with Crippen LogP contribution >= 0.6 is 12.4 Å². The number of hydrogen-bond donors (Lipinski definition) is 3. The first-order valence-electron chi connectivity index (χ1n) is 7.43. The average molecular weight is 336 g/mol. The van der Waals surface area contributed by atoms with E-state index in [1.165, 1.54) is 0 Å². The van der Waals surface area contributed by atoms with E-state index in [1.54, 1.807) is 0 Å². The predicted molar refractivity (Wildman–Crippen MR) is 94.7 cm³/mol. The highest BCUT2D eigenvalue weighted by molar-refractivity contribution is 6.04. The number of carbonyl (C=O) groups excluding carboxylic acids is 1. The summed E-state index contributed by atoms with van der Waals surface area (Å²) < 4.78 is 0. The van der Waals surface area contributed by atoms with Gasteiger partial charge in [0.15, 0.2) is 5.69 Å². The Morgan fingerprint density at radius 1 is 1.35 bits per heavy atom. The molecule has 1 aliphatic rings. The van der Waals surface area contributed by atoms with Gasteiger partial charge in [-0.15, -0.1) is 12.4 Å². The van der Waals surface area contributed by atoms with Crippen molar-refractivity contribution >= 4 is 29.7 Å². The number of amides is 1. The molecule has 0 atom stereocenters. The van der Waals surface area contributed by atoms with Gasteiger partial charge in [0.05, 0.1) is 0 Å². The van der Waals surface area contributed by atoms with Gasteiger partial charge in [0.1, 0.15) is 0 Å². The molecule has 2 heterocycles. The van der Waals surface area contributed by atoms with E-state index in [4.69, 9.17) is 0 Å². The second kappa shape index (κ2) is 7.02. The van der Waals surface area contributed by atoms with E-state index in [-0.39, 0.29) is 18.3 Å². The minimum atomic E-state index is -0.166. The molecule has 7 heteroatoms. The maximum atomic E-state index is 12.5. The first-order valence-corrected chi connectivity index (χ1v) is 7.43. The van der Waals surface area contributed by atoms with Crippen molar-refractivity contribution in [3.05, 3.63) is 40.7 Å². The summed E-state index contributed by atoms with van der Waals surface area (Å²) >= 11 is 0. The van der Waals surface area contributed by atoms with E-state index in [2.05, 4.69) is 20.8 Å². The summed E-state index contributed by atoms with van der Waals surface area (Å²) in [7, 11) is 3.98. The molecule has 0 saturated heterocycles. The van der Waals surface area contributed by atoms with E-state index in [0.717, 1.165) is 41.2 Å². The Morgan fingerprint density at radius 3 is 2.87 bits per heavy atom. The molecule has 23 heavy (non-hydrogen) atoms. The highest BCUT2D eigenvalue weighted by atomic mass is 35.5. The largest absolute Gasteiger partial charge is 0.377 e. The van der Waals surface area contributed by atoms with Crippen LogP contribution in [-0.4, -0.2) is 36.7 Å². The fraction of sp³-hybridized carbons (Fsp3) is 0.375. The Balaban J connectivity index is 0.00000192. The number of fused-ring (bicyclic) bond motifs is 1. The van der Waals surface area contributed by atoms with Crippen LogP contribution in [0.3, 0.4) is 0 Å². The smallest absolute Gasteiger partial charge is 0.276 e. The molecule has 124 valence electrons. The van der Waals surface area contributed by atoms with Crippen molar-refractivity contribution in [3.8, 4) is 0 Å². The number of H-pyrrole nitrogens is 1. The molecule has 3 rings (SSSR count). The van der Waals surface area contributed by atoms with Crippen LogP contribution in [0.4, 0.5) is 11.4 Å². The maximum Gasteiger partial charge on any atom is 0.276 e. The van der Waals surface area contributed by atoms with Crippen molar-refractivity contribution in [2.24, 2.45) is 0 Å². The molecule has 6 nitrogen and oxygen atoms in total. The Morgan fingerprint density at radius 2 is 2.13 bits per heavy atom. The average Bonchev–Trinajstić information content (AvgIpc) is 2.93. The second-order valence-electron chi connectivity index (χ2n) is 5.75. The lowest BCUT2D eigenvalue weighted by Gasteiger charge is -2.18. The van der Waals surface area contributed by atoms with Crippen LogP contribution in [-0.2, 0) is 13.0 Å². The van der Waals surface area contributed by atoms with Gasteiger partial charge in [0.25, 0.3) is 5.91 Å². The SMILES string of the molecule is Cc1c(NC(=O)c2n[nH]c3c2CNCC3)cccc1N(C)C.Cl. The monoisotopic (exact) mass is 335 g/mol. The van der Waals surface area contributed by atoms with E-state index in [1.807, 2.05) is 44.1 Å². The molecular weight excluding hydrogens is 314 g/mol. The highest BCUT2D eigenvalue weighted by Crippen LogP contribution is 2.26. The molecule has 0 radical (unpaired) electrons. The van der Waals surface area contributed by atoms with Crippen LogP contribution in [0.1, 0.15) is 27.3 Å². The predicted octanol–water partition coefficient (Wildman–Crippen LogP) is 2.10. The third-order valence-electron chi connectivity index (χ3n) is 4.06. The third kappa shape index (κ3) is 3.33. The molecule has 0 fully saturated rings. The van der Waals surface area contributed by atoms with Crippen LogP contribution in [0.25, 0.3) is 0 Å². The highest BCUT2D eigenvalue weighted by Gasteiger charge is 2.22. The van der Waals surface area contributed by atoms with Gasteiger partial charge >= 0.3 is 0 Å². The van der Waals surface area contributed by atoms with E-state index in [0.29, 0.717) is 12.2 Å². The van der Waals surface area contributed by atoms with Gasteiger partial charge in [0.2, 0.25) is 0 Å². The Bertz CT molecular complexity index is 710. The second-order valence-corrected chi connectivity index (χ2v) is 5.75. The van der Waals surface area contributed by atoms with Gasteiger partial charge < -0.3 is 15.5 Å². The van der Waals surface area contributed by atoms with Gasteiger partial charge in [0, 0.05) is 56.2 Å². The summed E-state index contributed by atoms with van der Waals surface area (Å²) in [6.07, 6.45) is 0.880. The van der Waals surface area contributed by atoms with Crippen LogP contribution in [0, 0.1) is 6.92 Å². The fourth-order valence-corrected chi connectivity index (χ4v) is 2.84. The number of anilines is 2. The topological polar surface area (TPSA) is 73.0 Å². The standard InChI is InChI=1S/C16H21N5O.ClH/c1-10-12(5-4-6-14(10)21(2)3)18-16(22)15-11-9-17-8-7-13(11)19-20-15;/h4-6,17H,7-9H2,1-3H3,(H,18,22)(H,19,20);1H. The minimum absolute atomic E-state index is 0. The van der Waals surface area contributed by atoms with Crippen molar-refractivity contribution in [1.82, 2.24) is 15.5 Å². The Kier molecular flexibility index (Phi) is 5.28. The van der Waals surface area contributed by atoms with Crippen LogP contribution in [0.2, 0.25) is 0 Å². The Hall–Kier alpha value is -2.05. The fourth-order valence-electron chi connectivity index (χ4n) is 2.84.